The summed E-state index contributed by atoms with van der Waals surface area (Å²) in [7, 11) is 1.30. The van der Waals surface area contributed by atoms with Crippen molar-refractivity contribution in [3.05, 3.63) is 53.6 Å². The molecule has 1 aliphatic rings. The molecule has 0 radical (unpaired) electrons. The Morgan fingerprint density at radius 1 is 1.13 bits per heavy atom. The van der Waals surface area contributed by atoms with Gasteiger partial charge in [-0.25, -0.2) is 4.79 Å². The summed E-state index contributed by atoms with van der Waals surface area (Å²) in [6, 6.07) is 13.2. The minimum atomic E-state index is -1.18. The van der Waals surface area contributed by atoms with E-state index in [1.807, 2.05) is 49.4 Å². The van der Waals surface area contributed by atoms with Crippen LogP contribution in [0.1, 0.15) is 18.1 Å². The molecule has 5 heteroatoms. The average molecular weight is 314 g/mol. The Morgan fingerprint density at radius 3 is 2.70 bits per heavy atom. The van der Waals surface area contributed by atoms with Crippen LogP contribution in [0.2, 0.25) is 0 Å². The lowest BCUT2D eigenvalue weighted by molar-refractivity contribution is -0.162. The molecule has 0 N–H and O–H groups in total. The second kappa shape index (κ2) is 6.60. The molecule has 0 amide bonds. The second-order valence-corrected chi connectivity index (χ2v) is 5.05. The van der Waals surface area contributed by atoms with Crippen LogP contribution in [-0.4, -0.2) is 26.0 Å². The number of para-hydroxylation sites is 2. The Labute approximate surface area is 134 Å². The Balaban J connectivity index is 2.10. The van der Waals surface area contributed by atoms with E-state index in [4.69, 9.17) is 18.9 Å². The van der Waals surface area contributed by atoms with Gasteiger partial charge in [0, 0.05) is 12.0 Å². The predicted molar refractivity (Wildman–Crippen MR) is 83.9 cm³/mol. The molecule has 120 valence electrons. The largest absolute Gasteiger partial charge is 0.490 e. The zero-order chi connectivity index (χ0) is 16.2. The lowest BCUT2D eigenvalue weighted by atomic mass is 10.0. The van der Waals surface area contributed by atoms with E-state index in [9.17, 15) is 4.79 Å². The summed E-state index contributed by atoms with van der Waals surface area (Å²) in [5, 5.41) is 0. The first-order valence-corrected chi connectivity index (χ1v) is 7.46. The van der Waals surface area contributed by atoms with Crippen molar-refractivity contribution in [2.24, 2.45) is 0 Å². The number of benzene rings is 2. The average Bonchev–Trinajstić information content (AvgIpc) is 2.55. The topological polar surface area (TPSA) is 54.0 Å². The molecule has 2 aromatic carbocycles. The SMILES string of the molecule is CCOc1cccc2c1OC(C(=O)OC)Oc1ccccc1C2. The lowest BCUT2D eigenvalue weighted by Gasteiger charge is -2.25. The molecular formula is C18H18O5. The van der Waals surface area contributed by atoms with Gasteiger partial charge < -0.3 is 18.9 Å². The highest BCUT2D eigenvalue weighted by atomic mass is 16.7. The highest BCUT2D eigenvalue weighted by molar-refractivity contribution is 5.74. The van der Waals surface area contributed by atoms with Gasteiger partial charge in [0.15, 0.2) is 11.5 Å². The number of carbonyl (C=O) groups is 1. The van der Waals surface area contributed by atoms with Crippen LogP contribution in [0, 0.1) is 0 Å². The third kappa shape index (κ3) is 3.08. The molecule has 0 bridgehead atoms. The summed E-state index contributed by atoms with van der Waals surface area (Å²) in [6.07, 6.45) is -0.554. The third-order valence-corrected chi connectivity index (χ3v) is 3.57. The van der Waals surface area contributed by atoms with Gasteiger partial charge in [0.05, 0.1) is 13.7 Å². The number of esters is 1. The number of carbonyl (C=O) groups excluding carboxylic acids is 1. The van der Waals surface area contributed by atoms with Crippen molar-refractivity contribution < 1.29 is 23.7 Å². The van der Waals surface area contributed by atoms with Crippen LogP contribution >= 0.6 is 0 Å². The van der Waals surface area contributed by atoms with Crippen LogP contribution < -0.4 is 14.2 Å². The minimum Gasteiger partial charge on any atom is -0.490 e. The molecule has 3 rings (SSSR count). The quantitative estimate of drug-likeness (QED) is 0.815. The molecule has 0 spiro atoms. The van der Waals surface area contributed by atoms with Crippen molar-refractivity contribution in [1.82, 2.24) is 0 Å². The lowest BCUT2D eigenvalue weighted by Crippen LogP contribution is -2.35. The van der Waals surface area contributed by atoms with E-state index in [1.54, 1.807) is 0 Å². The van der Waals surface area contributed by atoms with E-state index < -0.39 is 12.3 Å². The van der Waals surface area contributed by atoms with Gasteiger partial charge in [-0.15, -0.1) is 0 Å². The molecule has 1 atom stereocenters. The highest BCUT2D eigenvalue weighted by Gasteiger charge is 2.29. The number of rotatable bonds is 3. The maximum atomic E-state index is 12.0. The first-order valence-electron chi connectivity index (χ1n) is 7.46. The molecule has 0 saturated heterocycles. The van der Waals surface area contributed by atoms with Crippen molar-refractivity contribution in [3.63, 3.8) is 0 Å². The molecule has 1 unspecified atom stereocenters. The Bertz CT molecular complexity index is 710. The number of fused-ring (bicyclic) bond motifs is 2. The molecule has 0 aromatic heterocycles. The van der Waals surface area contributed by atoms with Crippen molar-refractivity contribution >= 4 is 5.97 Å². The van der Waals surface area contributed by atoms with E-state index in [2.05, 4.69) is 0 Å². The summed E-state index contributed by atoms with van der Waals surface area (Å²) in [5.41, 5.74) is 1.90. The third-order valence-electron chi connectivity index (χ3n) is 3.57. The van der Waals surface area contributed by atoms with Crippen molar-refractivity contribution in [3.8, 4) is 17.2 Å². The highest BCUT2D eigenvalue weighted by Crippen LogP contribution is 2.37. The fraction of sp³-hybridized carbons (Fsp3) is 0.278. The molecule has 2 aromatic rings. The van der Waals surface area contributed by atoms with Gasteiger partial charge in [0.2, 0.25) is 0 Å². The van der Waals surface area contributed by atoms with Crippen LogP contribution in [0.15, 0.2) is 42.5 Å². The van der Waals surface area contributed by atoms with E-state index in [1.165, 1.54) is 7.11 Å². The van der Waals surface area contributed by atoms with E-state index in [-0.39, 0.29) is 0 Å². The number of methoxy groups -OCH3 is 1. The fourth-order valence-corrected chi connectivity index (χ4v) is 2.51. The van der Waals surface area contributed by atoms with Crippen molar-refractivity contribution in [2.45, 2.75) is 19.6 Å². The maximum Gasteiger partial charge on any atom is 0.389 e. The smallest absolute Gasteiger partial charge is 0.389 e. The normalized spacial score (nSPS) is 15.8. The number of hydrogen-bond donors (Lipinski definition) is 0. The first-order chi connectivity index (χ1) is 11.2. The van der Waals surface area contributed by atoms with Crippen LogP contribution in [0.4, 0.5) is 0 Å². The van der Waals surface area contributed by atoms with Crippen molar-refractivity contribution in [1.29, 1.82) is 0 Å². The zero-order valence-corrected chi connectivity index (χ0v) is 13.1. The molecule has 5 nitrogen and oxygen atoms in total. The van der Waals surface area contributed by atoms with Crippen molar-refractivity contribution in [2.75, 3.05) is 13.7 Å². The Kier molecular flexibility index (Phi) is 4.37. The molecule has 1 aliphatic heterocycles. The molecular weight excluding hydrogens is 296 g/mol. The van der Waals surface area contributed by atoms with Gasteiger partial charge in [-0.1, -0.05) is 30.3 Å². The summed E-state index contributed by atoms with van der Waals surface area (Å²) >= 11 is 0. The standard InChI is InChI=1S/C18H18O5/c1-3-21-15-10-6-8-13-11-12-7-4-5-9-14(12)22-18(17(19)20-2)23-16(13)15/h4-10,18H,3,11H2,1-2H3. The van der Waals surface area contributed by atoms with Gasteiger partial charge >= 0.3 is 12.3 Å². The number of ether oxygens (including phenoxy) is 4. The van der Waals surface area contributed by atoms with Crippen LogP contribution in [0.3, 0.4) is 0 Å². The molecule has 0 saturated carbocycles. The van der Waals surface area contributed by atoms with Crippen LogP contribution in [0.5, 0.6) is 17.2 Å². The number of hydrogen-bond acceptors (Lipinski definition) is 5. The molecule has 23 heavy (non-hydrogen) atoms. The molecule has 1 heterocycles. The summed E-state index contributed by atoms with van der Waals surface area (Å²) < 4.78 is 21.9. The molecule has 0 fully saturated rings. The van der Waals surface area contributed by atoms with Gasteiger partial charge in [0.25, 0.3) is 0 Å². The van der Waals surface area contributed by atoms with Crippen LogP contribution in [-0.2, 0) is 16.0 Å². The minimum absolute atomic E-state index is 0.500. The fourth-order valence-electron chi connectivity index (χ4n) is 2.51. The monoisotopic (exact) mass is 314 g/mol. The zero-order valence-electron chi connectivity index (χ0n) is 13.1. The van der Waals surface area contributed by atoms with Gasteiger partial charge in [0.1, 0.15) is 5.75 Å². The Morgan fingerprint density at radius 2 is 1.91 bits per heavy atom. The predicted octanol–water partition coefficient (Wildman–Crippen LogP) is 2.95. The first kappa shape index (κ1) is 15.2. The van der Waals surface area contributed by atoms with Gasteiger partial charge in [-0.05, 0) is 24.6 Å². The Hall–Kier alpha value is -2.69. The van der Waals surface area contributed by atoms with Gasteiger partial charge in [-0.2, -0.15) is 0 Å². The van der Waals surface area contributed by atoms with Gasteiger partial charge in [-0.3, -0.25) is 0 Å². The summed E-state index contributed by atoms with van der Waals surface area (Å²) in [5.74, 6) is 1.11. The maximum absolute atomic E-state index is 12.0. The molecule has 0 aliphatic carbocycles. The van der Waals surface area contributed by atoms with E-state index in [0.717, 1.165) is 11.1 Å². The van der Waals surface area contributed by atoms with E-state index >= 15 is 0 Å². The van der Waals surface area contributed by atoms with E-state index in [0.29, 0.717) is 30.3 Å². The second-order valence-electron chi connectivity index (χ2n) is 5.05. The summed E-state index contributed by atoms with van der Waals surface area (Å²) in [4.78, 5) is 12.0. The van der Waals surface area contributed by atoms with Crippen LogP contribution in [0.25, 0.3) is 0 Å². The summed E-state index contributed by atoms with van der Waals surface area (Å²) in [6.45, 7) is 2.39.